The number of hydrogen-bond donors (Lipinski definition) is 1. The first-order valence-electron chi connectivity index (χ1n) is 7.56. The van der Waals surface area contributed by atoms with Gasteiger partial charge in [0.05, 0.1) is 7.11 Å². The fourth-order valence-electron chi connectivity index (χ4n) is 1.95. The Kier molecular flexibility index (Phi) is 7.03. The summed E-state index contributed by atoms with van der Waals surface area (Å²) in [5.41, 5.74) is 0.312. The van der Waals surface area contributed by atoms with Crippen molar-refractivity contribution in [2.75, 3.05) is 14.2 Å². The normalized spacial score (nSPS) is 15.4. The van der Waals surface area contributed by atoms with Gasteiger partial charge in [0.2, 0.25) is 0 Å². The van der Waals surface area contributed by atoms with Gasteiger partial charge in [-0.2, -0.15) is 0 Å². The van der Waals surface area contributed by atoms with E-state index in [-0.39, 0.29) is 5.91 Å². The summed E-state index contributed by atoms with van der Waals surface area (Å²) in [4.78, 5) is 29.3. The highest BCUT2D eigenvalue weighted by Crippen LogP contribution is 2.14. The summed E-state index contributed by atoms with van der Waals surface area (Å²) in [6, 6.07) is -0.766. The summed E-state index contributed by atoms with van der Waals surface area (Å²) in [6.07, 6.45) is 10.4. The van der Waals surface area contributed by atoms with E-state index in [0.29, 0.717) is 6.42 Å². The van der Waals surface area contributed by atoms with Crippen LogP contribution in [-0.2, 0) is 14.4 Å². The molecule has 6 nitrogen and oxygen atoms in total. The van der Waals surface area contributed by atoms with Gasteiger partial charge < -0.3 is 10.1 Å². The predicted molar refractivity (Wildman–Crippen MR) is 88.5 cm³/mol. The van der Waals surface area contributed by atoms with Gasteiger partial charge in [-0.15, -0.1) is 0 Å². The van der Waals surface area contributed by atoms with Gasteiger partial charge in [0.15, 0.2) is 0 Å². The number of amides is 2. The van der Waals surface area contributed by atoms with Crippen molar-refractivity contribution in [3.8, 4) is 0 Å². The molecule has 0 fully saturated rings. The SMILES string of the molecule is CON(C)C(=O)C(CC1=CC=CCC=C1)NC(=O)OC(C)(C)C. The number of carbonyl (C=O) groups is 2. The summed E-state index contributed by atoms with van der Waals surface area (Å²) in [6.45, 7) is 5.31. The maximum atomic E-state index is 12.4. The molecule has 1 aliphatic rings. The molecule has 2 amide bonds. The molecule has 6 heteroatoms. The van der Waals surface area contributed by atoms with E-state index in [0.717, 1.165) is 17.1 Å². The number of hydrogen-bond acceptors (Lipinski definition) is 4. The van der Waals surface area contributed by atoms with Gasteiger partial charge >= 0.3 is 6.09 Å². The third kappa shape index (κ3) is 7.15. The van der Waals surface area contributed by atoms with E-state index in [9.17, 15) is 9.59 Å². The summed E-state index contributed by atoms with van der Waals surface area (Å²) >= 11 is 0. The van der Waals surface area contributed by atoms with Crippen molar-refractivity contribution >= 4 is 12.0 Å². The molecule has 0 saturated heterocycles. The van der Waals surface area contributed by atoms with Crippen LogP contribution in [0.5, 0.6) is 0 Å². The molecule has 23 heavy (non-hydrogen) atoms. The van der Waals surface area contributed by atoms with E-state index >= 15 is 0 Å². The van der Waals surface area contributed by atoms with Crippen LogP contribution in [0.3, 0.4) is 0 Å². The molecule has 0 aromatic heterocycles. The van der Waals surface area contributed by atoms with Crippen molar-refractivity contribution < 1.29 is 19.2 Å². The molecule has 1 atom stereocenters. The molecule has 1 rings (SSSR count). The van der Waals surface area contributed by atoms with E-state index in [1.165, 1.54) is 14.2 Å². The van der Waals surface area contributed by atoms with Crippen LogP contribution in [0.15, 0.2) is 36.0 Å². The summed E-state index contributed by atoms with van der Waals surface area (Å²) in [7, 11) is 2.90. The van der Waals surface area contributed by atoms with Crippen LogP contribution in [0.2, 0.25) is 0 Å². The number of nitrogens with one attached hydrogen (secondary N) is 1. The fourth-order valence-corrected chi connectivity index (χ4v) is 1.95. The lowest BCUT2D eigenvalue weighted by molar-refractivity contribution is -0.170. The zero-order chi connectivity index (χ0) is 17.5. The Labute approximate surface area is 137 Å². The molecule has 0 saturated carbocycles. The standard InChI is InChI=1S/C17H26N2O4/c1-17(2,3)23-16(21)18-14(15(20)19(4)22-5)12-13-10-8-6-7-9-11-13/h6,8-11,14H,7,12H2,1-5H3,(H,18,21). The van der Waals surface area contributed by atoms with Gasteiger partial charge in [-0.25, -0.2) is 9.86 Å². The number of allylic oxidation sites excluding steroid dienone is 5. The van der Waals surface area contributed by atoms with Crippen LogP contribution in [0.25, 0.3) is 0 Å². The molecule has 0 bridgehead atoms. The van der Waals surface area contributed by atoms with Crippen molar-refractivity contribution in [1.29, 1.82) is 0 Å². The zero-order valence-corrected chi connectivity index (χ0v) is 14.5. The lowest BCUT2D eigenvalue weighted by Crippen LogP contribution is -2.48. The highest BCUT2D eigenvalue weighted by molar-refractivity contribution is 5.85. The third-order valence-corrected chi connectivity index (χ3v) is 3.06. The molecule has 0 aliphatic heterocycles. The van der Waals surface area contributed by atoms with Crippen molar-refractivity contribution in [1.82, 2.24) is 10.4 Å². The average Bonchev–Trinajstić information content (AvgIpc) is 2.71. The molecule has 1 aliphatic carbocycles. The topological polar surface area (TPSA) is 67.9 Å². The number of rotatable bonds is 5. The highest BCUT2D eigenvalue weighted by atomic mass is 16.7. The molecule has 0 spiro atoms. The minimum Gasteiger partial charge on any atom is -0.444 e. The lowest BCUT2D eigenvalue weighted by Gasteiger charge is -2.25. The van der Waals surface area contributed by atoms with E-state index in [2.05, 4.69) is 5.32 Å². The van der Waals surface area contributed by atoms with Gasteiger partial charge in [0, 0.05) is 13.5 Å². The Morgan fingerprint density at radius 2 is 2.04 bits per heavy atom. The van der Waals surface area contributed by atoms with Gasteiger partial charge in [-0.1, -0.05) is 30.4 Å². The first-order chi connectivity index (χ1) is 10.7. The molecule has 0 aromatic carbocycles. The number of hydroxylamine groups is 2. The summed E-state index contributed by atoms with van der Waals surface area (Å²) in [5, 5.41) is 3.72. The highest BCUT2D eigenvalue weighted by Gasteiger charge is 2.27. The maximum Gasteiger partial charge on any atom is 0.408 e. The van der Waals surface area contributed by atoms with Crippen LogP contribution in [-0.4, -0.2) is 42.9 Å². The third-order valence-electron chi connectivity index (χ3n) is 3.06. The Morgan fingerprint density at radius 1 is 1.35 bits per heavy atom. The monoisotopic (exact) mass is 322 g/mol. The molecular formula is C17H26N2O4. The second-order valence-corrected chi connectivity index (χ2v) is 6.23. The largest absolute Gasteiger partial charge is 0.444 e. The minimum atomic E-state index is -0.766. The van der Waals surface area contributed by atoms with Gasteiger partial charge in [0.1, 0.15) is 11.6 Å². The van der Waals surface area contributed by atoms with E-state index < -0.39 is 17.7 Å². The smallest absolute Gasteiger partial charge is 0.408 e. The number of carbonyl (C=O) groups excluding carboxylic acids is 2. The predicted octanol–water partition coefficient (Wildman–Crippen LogP) is 2.73. The molecule has 1 N–H and O–H groups in total. The lowest BCUT2D eigenvalue weighted by atomic mass is 10.0. The molecule has 0 heterocycles. The fraction of sp³-hybridized carbons (Fsp3) is 0.529. The second-order valence-electron chi connectivity index (χ2n) is 6.23. The molecule has 128 valence electrons. The Bertz CT molecular complexity index is 515. The van der Waals surface area contributed by atoms with E-state index in [1.54, 1.807) is 20.8 Å². The first kappa shape index (κ1) is 19.0. The molecular weight excluding hydrogens is 296 g/mol. The average molecular weight is 322 g/mol. The number of alkyl carbamates (subject to hydrolysis) is 1. The van der Waals surface area contributed by atoms with Gasteiger partial charge in [-0.3, -0.25) is 9.63 Å². The van der Waals surface area contributed by atoms with Crippen molar-refractivity contribution in [2.24, 2.45) is 0 Å². The quantitative estimate of drug-likeness (QED) is 0.790. The summed E-state index contributed by atoms with van der Waals surface area (Å²) in [5.74, 6) is -0.346. The van der Waals surface area contributed by atoms with Gasteiger partial charge in [-0.05, 0) is 32.8 Å². The van der Waals surface area contributed by atoms with Crippen molar-refractivity contribution in [3.05, 3.63) is 36.0 Å². The maximum absolute atomic E-state index is 12.4. The van der Waals surface area contributed by atoms with Crippen molar-refractivity contribution in [2.45, 2.75) is 45.3 Å². The summed E-state index contributed by atoms with van der Waals surface area (Å²) < 4.78 is 5.23. The Morgan fingerprint density at radius 3 is 2.65 bits per heavy atom. The van der Waals surface area contributed by atoms with Crippen molar-refractivity contribution in [3.63, 3.8) is 0 Å². The zero-order valence-electron chi connectivity index (χ0n) is 14.5. The van der Waals surface area contributed by atoms with Crippen LogP contribution >= 0.6 is 0 Å². The van der Waals surface area contributed by atoms with Crippen LogP contribution in [0.1, 0.15) is 33.6 Å². The second kappa shape index (κ2) is 8.53. The van der Waals surface area contributed by atoms with Crippen LogP contribution in [0, 0.1) is 0 Å². The number of nitrogens with zero attached hydrogens (tertiary/aromatic N) is 1. The minimum absolute atomic E-state index is 0.346. The number of ether oxygens (including phenoxy) is 1. The van der Waals surface area contributed by atoms with Gasteiger partial charge in [0.25, 0.3) is 5.91 Å². The van der Waals surface area contributed by atoms with E-state index in [4.69, 9.17) is 9.57 Å². The van der Waals surface area contributed by atoms with Crippen LogP contribution in [0.4, 0.5) is 4.79 Å². The van der Waals surface area contributed by atoms with Crippen LogP contribution < -0.4 is 5.32 Å². The Balaban J connectivity index is 2.84. The molecule has 1 unspecified atom stereocenters. The molecule has 0 radical (unpaired) electrons. The first-order valence-corrected chi connectivity index (χ1v) is 7.56. The molecule has 0 aromatic rings. The number of likely N-dealkylation sites (N-methyl/N-ethyl adjacent to an activating group) is 1. The Hall–Kier alpha value is -2.08. The van der Waals surface area contributed by atoms with E-state index in [1.807, 2.05) is 30.4 Å².